The van der Waals surface area contributed by atoms with Gasteiger partial charge in [0.15, 0.2) is 9.84 Å². The van der Waals surface area contributed by atoms with Gasteiger partial charge in [0.05, 0.1) is 34.1 Å². The molecule has 4 N–H and O–H groups in total. The van der Waals surface area contributed by atoms with Gasteiger partial charge >= 0.3 is 5.97 Å². The number of aliphatic hydroxyl groups is 1. The first-order valence-corrected chi connectivity index (χ1v) is 10.7. The number of sulfone groups is 1. The van der Waals surface area contributed by atoms with E-state index in [0.717, 1.165) is 10.4 Å². The molecule has 0 aromatic heterocycles. The lowest BCUT2D eigenvalue weighted by atomic mass is 10.1. The number of aliphatic hydroxyl groups excluding tert-OH is 1. The normalized spacial score (nSPS) is 23.0. The number of rotatable bonds is 6. The number of aryl methyl sites for hydroxylation is 1. The molecule has 0 radical (unpaired) electrons. The number of benzene rings is 1. The Balaban J connectivity index is 2.54. The van der Waals surface area contributed by atoms with E-state index in [-0.39, 0.29) is 23.5 Å². The molecule has 1 heterocycles. The molecule has 1 fully saturated rings. The molecule has 1 aromatic carbocycles. The first-order chi connectivity index (χ1) is 11.5. The third-order valence-electron chi connectivity index (χ3n) is 4.03. The maximum atomic E-state index is 13.0. The van der Waals surface area contributed by atoms with Crippen molar-refractivity contribution < 1.29 is 31.8 Å². The predicted octanol–water partition coefficient (Wildman–Crippen LogP) is -1.20. The van der Waals surface area contributed by atoms with Crippen LogP contribution >= 0.6 is 0 Å². The van der Waals surface area contributed by atoms with Gasteiger partial charge in [0.1, 0.15) is 0 Å². The molecule has 2 atom stereocenters. The van der Waals surface area contributed by atoms with E-state index in [4.69, 9.17) is 10.8 Å². The molecule has 2 rings (SSSR count). The summed E-state index contributed by atoms with van der Waals surface area (Å²) >= 11 is 0. The summed E-state index contributed by atoms with van der Waals surface area (Å²) in [5.41, 5.74) is 5.57. The minimum atomic E-state index is -4.25. The fraction of sp³-hybridized carbons (Fsp3) is 0.500. The van der Waals surface area contributed by atoms with Gasteiger partial charge in [0.25, 0.3) is 0 Å². The highest BCUT2D eigenvalue weighted by molar-refractivity contribution is 7.92. The number of hydrogen-bond donors (Lipinski definition) is 3. The van der Waals surface area contributed by atoms with Crippen LogP contribution < -0.4 is 5.73 Å². The van der Waals surface area contributed by atoms with E-state index in [2.05, 4.69) is 0 Å². The number of carboxylic acids is 1. The van der Waals surface area contributed by atoms with Crippen molar-refractivity contribution in [2.75, 3.05) is 24.6 Å². The number of nitrogens with two attached hydrogens (primary N) is 1. The molecule has 9 nitrogen and oxygen atoms in total. The summed E-state index contributed by atoms with van der Waals surface area (Å²) in [5.74, 6) is -2.32. The molecular formula is C14H20N2O7S2. The van der Waals surface area contributed by atoms with Gasteiger partial charge in [-0.2, -0.15) is 4.31 Å². The van der Waals surface area contributed by atoms with Crippen LogP contribution in [0.3, 0.4) is 0 Å². The van der Waals surface area contributed by atoms with E-state index in [1.54, 1.807) is 0 Å². The summed E-state index contributed by atoms with van der Waals surface area (Å²) in [6, 6.07) is 2.50. The van der Waals surface area contributed by atoms with E-state index in [0.29, 0.717) is 5.56 Å². The van der Waals surface area contributed by atoms with E-state index in [9.17, 15) is 26.7 Å². The lowest BCUT2D eigenvalue weighted by Gasteiger charge is -2.29. The van der Waals surface area contributed by atoms with Gasteiger partial charge in [-0.25, -0.2) is 21.6 Å². The Kier molecular flexibility index (Phi) is 5.54. The smallest absolute Gasteiger partial charge is 0.335 e. The highest BCUT2D eigenvalue weighted by Gasteiger charge is 2.44. The Morgan fingerprint density at radius 3 is 2.48 bits per heavy atom. The zero-order chi connectivity index (χ0) is 19.0. The van der Waals surface area contributed by atoms with Gasteiger partial charge in [-0.15, -0.1) is 0 Å². The number of aromatic carboxylic acids is 1. The first kappa shape index (κ1) is 19.8. The Morgan fingerprint density at radius 2 is 2.00 bits per heavy atom. The molecule has 0 amide bonds. The van der Waals surface area contributed by atoms with Crippen LogP contribution in [-0.4, -0.2) is 74.1 Å². The minimum Gasteiger partial charge on any atom is -0.478 e. The van der Waals surface area contributed by atoms with Gasteiger partial charge in [-0.05, 0) is 24.6 Å². The van der Waals surface area contributed by atoms with Crippen molar-refractivity contribution >= 4 is 25.8 Å². The molecule has 1 saturated heterocycles. The molecule has 140 valence electrons. The topological polar surface area (TPSA) is 155 Å². The second-order valence-corrected chi connectivity index (χ2v) is 9.91. The predicted molar refractivity (Wildman–Crippen MR) is 89.5 cm³/mol. The van der Waals surface area contributed by atoms with Crippen LogP contribution in [0.2, 0.25) is 0 Å². The first-order valence-electron chi connectivity index (χ1n) is 7.44. The summed E-state index contributed by atoms with van der Waals surface area (Å²) < 4.78 is 50.4. The van der Waals surface area contributed by atoms with Gasteiger partial charge in [-0.1, -0.05) is 6.07 Å². The van der Waals surface area contributed by atoms with Crippen molar-refractivity contribution in [3.05, 3.63) is 29.3 Å². The van der Waals surface area contributed by atoms with Crippen LogP contribution in [0.25, 0.3) is 0 Å². The number of nitrogens with zero attached hydrogens (tertiary/aromatic N) is 1. The summed E-state index contributed by atoms with van der Waals surface area (Å²) in [5, 5.41) is 19.1. The monoisotopic (exact) mass is 392 g/mol. The summed E-state index contributed by atoms with van der Waals surface area (Å²) in [6.45, 7) is 1.22. The Bertz CT molecular complexity index is 880. The average molecular weight is 392 g/mol. The molecule has 25 heavy (non-hydrogen) atoms. The van der Waals surface area contributed by atoms with Gasteiger partial charge in [-0.3, -0.25) is 0 Å². The van der Waals surface area contributed by atoms with Crippen molar-refractivity contribution in [2.45, 2.75) is 24.0 Å². The largest absolute Gasteiger partial charge is 0.478 e. The Labute approximate surface area is 146 Å². The molecule has 0 bridgehead atoms. The van der Waals surface area contributed by atoms with E-state index >= 15 is 0 Å². The Hall–Kier alpha value is -1.53. The van der Waals surface area contributed by atoms with E-state index in [1.165, 1.54) is 19.1 Å². The van der Waals surface area contributed by atoms with Crippen molar-refractivity contribution in [2.24, 2.45) is 5.73 Å². The van der Waals surface area contributed by atoms with Gasteiger partial charge in [0.2, 0.25) is 10.0 Å². The number of hydrogen-bond acceptors (Lipinski definition) is 7. The summed E-state index contributed by atoms with van der Waals surface area (Å²) in [6.07, 6.45) is -1.37. The van der Waals surface area contributed by atoms with Crippen molar-refractivity contribution in [3.63, 3.8) is 0 Å². The molecule has 0 unspecified atom stereocenters. The quantitative estimate of drug-likeness (QED) is 0.545. The lowest BCUT2D eigenvalue weighted by molar-refractivity contribution is 0.0696. The van der Waals surface area contributed by atoms with E-state index in [1.807, 2.05) is 0 Å². The van der Waals surface area contributed by atoms with E-state index < -0.39 is 49.5 Å². The lowest BCUT2D eigenvalue weighted by Crippen LogP contribution is -2.48. The molecular weight excluding hydrogens is 372 g/mol. The molecule has 1 aromatic rings. The zero-order valence-corrected chi connectivity index (χ0v) is 15.1. The molecule has 0 aliphatic carbocycles. The zero-order valence-electron chi connectivity index (χ0n) is 13.5. The van der Waals surface area contributed by atoms with Crippen LogP contribution in [0, 0.1) is 6.92 Å². The van der Waals surface area contributed by atoms with Crippen molar-refractivity contribution in [1.29, 1.82) is 0 Å². The molecule has 0 saturated carbocycles. The van der Waals surface area contributed by atoms with Crippen molar-refractivity contribution in [1.82, 2.24) is 4.31 Å². The third kappa shape index (κ3) is 4.01. The second-order valence-electron chi connectivity index (χ2n) is 5.90. The third-order valence-corrected chi connectivity index (χ3v) is 7.80. The average Bonchev–Trinajstić information content (AvgIpc) is 2.77. The summed E-state index contributed by atoms with van der Waals surface area (Å²) in [4.78, 5) is 10.9. The maximum absolute atomic E-state index is 13.0. The highest BCUT2D eigenvalue weighted by atomic mass is 32.2. The molecule has 1 aliphatic rings. The maximum Gasteiger partial charge on any atom is 0.335 e. The molecule has 0 spiro atoms. The standard InChI is InChI=1S/C14H20N2O7S2/c1-9-2-3-10(14(18)19)6-13(9)25(22,23)16(5-4-15)11-7-24(20,21)8-12(11)17/h2-3,6,11-12,17H,4-5,7-8,15H2,1H3,(H,18,19)/t11-,12+/m0/s1. The number of carboxylic acid groups (broad SMARTS) is 1. The van der Waals surface area contributed by atoms with Crippen LogP contribution in [-0.2, 0) is 19.9 Å². The van der Waals surface area contributed by atoms with Crippen LogP contribution in [0.15, 0.2) is 23.1 Å². The summed E-state index contributed by atoms with van der Waals surface area (Å²) in [7, 11) is -7.82. The minimum absolute atomic E-state index is 0.0832. The van der Waals surface area contributed by atoms with Crippen LogP contribution in [0.1, 0.15) is 15.9 Å². The fourth-order valence-corrected chi connectivity index (χ4v) is 6.63. The number of carbonyl (C=O) groups is 1. The SMILES string of the molecule is Cc1ccc(C(=O)O)cc1S(=O)(=O)N(CCN)[C@H]1CS(=O)(=O)C[C@H]1O. The van der Waals surface area contributed by atoms with Crippen molar-refractivity contribution in [3.8, 4) is 0 Å². The second kappa shape index (κ2) is 7.00. The molecule has 1 aliphatic heterocycles. The highest BCUT2D eigenvalue weighted by Crippen LogP contribution is 2.27. The fourth-order valence-electron chi connectivity index (χ4n) is 2.81. The van der Waals surface area contributed by atoms with Gasteiger partial charge in [0, 0.05) is 13.1 Å². The number of sulfonamides is 1. The molecule has 11 heteroatoms. The van der Waals surface area contributed by atoms with Gasteiger partial charge < -0.3 is 15.9 Å². The van der Waals surface area contributed by atoms with Crippen LogP contribution in [0.5, 0.6) is 0 Å². The Morgan fingerprint density at radius 1 is 1.36 bits per heavy atom. The van der Waals surface area contributed by atoms with Crippen LogP contribution in [0.4, 0.5) is 0 Å².